The molecule has 0 aromatic carbocycles. The SMILES string of the molecule is C/C=C\S/C(C)=C/C1CN(C)Cc2sc(Cl)cc21. The number of hydrogen-bond acceptors (Lipinski definition) is 3. The van der Waals surface area contributed by atoms with Crippen molar-refractivity contribution in [2.75, 3.05) is 13.6 Å². The summed E-state index contributed by atoms with van der Waals surface area (Å²) in [7, 11) is 2.17. The monoisotopic (exact) mass is 299 g/mol. The van der Waals surface area contributed by atoms with Gasteiger partial charge in [-0.2, -0.15) is 0 Å². The molecule has 2 rings (SSSR count). The number of thioether (sulfide) groups is 1. The summed E-state index contributed by atoms with van der Waals surface area (Å²) >= 11 is 9.65. The molecular weight excluding hydrogens is 282 g/mol. The van der Waals surface area contributed by atoms with Gasteiger partial charge in [-0.25, -0.2) is 0 Å². The molecule has 0 aliphatic carbocycles. The van der Waals surface area contributed by atoms with E-state index in [9.17, 15) is 0 Å². The number of allylic oxidation sites excluding steroid dienone is 2. The average molecular weight is 300 g/mol. The zero-order valence-corrected chi connectivity index (χ0v) is 13.3. The molecule has 1 aromatic rings. The molecule has 0 radical (unpaired) electrons. The van der Waals surface area contributed by atoms with E-state index < -0.39 is 0 Å². The molecule has 0 N–H and O–H groups in total. The lowest BCUT2D eigenvalue weighted by atomic mass is 9.95. The summed E-state index contributed by atoms with van der Waals surface area (Å²) in [6, 6.07) is 2.14. The van der Waals surface area contributed by atoms with Crippen LogP contribution in [0.25, 0.3) is 0 Å². The van der Waals surface area contributed by atoms with E-state index in [2.05, 4.69) is 42.5 Å². The maximum atomic E-state index is 6.15. The maximum absolute atomic E-state index is 6.15. The number of fused-ring (bicyclic) bond motifs is 1. The van der Waals surface area contributed by atoms with E-state index in [0.717, 1.165) is 17.4 Å². The minimum absolute atomic E-state index is 0.472. The second-order valence-corrected chi connectivity index (χ2v) is 7.52. The topological polar surface area (TPSA) is 3.24 Å². The Morgan fingerprint density at radius 2 is 2.39 bits per heavy atom. The molecule has 0 amide bonds. The number of rotatable bonds is 3. The van der Waals surface area contributed by atoms with Gasteiger partial charge in [0.15, 0.2) is 0 Å². The number of halogens is 1. The quantitative estimate of drug-likeness (QED) is 0.764. The van der Waals surface area contributed by atoms with Gasteiger partial charge in [-0.3, -0.25) is 0 Å². The van der Waals surface area contributed by atoms with Crippen LogP contribution >= 0.6 is 34.7 Å². The molecule has 0 spiro atoms. The Hall–Kier alpha value is -0.220. The molecule has 18 heavy (non-hydrogen) atoms. The minimum atomic E-state index is 0.472. The second kappa shape index (κ2) is 6.29. The van der Waals surface area contributed by atoms with E-state index in [1.165, 1.54) is 15.3 Å². The van der Waals surface area contributed by atoms with Gasteiger partial charge in [0.05, 0.1) is 4.34 Å². The first-order chi connectivity index (χ1) is 8.60. The van der Waals surface area contributed by atoms with Gasteiger partial charge in [0.1, 0.15) is 0 Å². The summed E-state index contributed by atoms with van der Waals surface area (Å²) in [6.45, 7) is 6.32. The lowest BCUT2D eigenvalue weighted by Crippen LogP contribution is -2.28. The number of thiophene rings is 1. The van der Waals surface area contributed by atoms with Crippen LogP contribution in [0.2, 0.25) is 4.34 Å². The van der Waals surface area contributed by atoms with E-state index in [1.54, 1.807) is 23.1 Å². The van der Waals surface area contributed by atoms with Crippen LogP contribution in [0, 0.1) is 0 Å². The van der Waals surface area contributed by atoms with E-state index in [0.29, 0.717) is 5.92 Å². The standard InChI is InChI=1S/C14H18ClNS2/c1-4-5-17-10(2)6-11-8-16(3)9-13-12(11)7-14(15)18-13/h4-7,11H,8-9H2,1-3H3/b5-4-,10-6+. The summed E-state index contributed by atoms with van der Waals surface area (Å²) in [5.74, 6) is 0.472. The largest absolute Gasteiger partial charge is 0.300 e. The first-order valence-corrected chi connectivity index (χ1v) is 8.10. The molecule has 0 saturated carbocycles. The van der Waals surface area contributed by atoms with Crippen LogP contribution in [-0.4, -0.2) is 18.5 Å². The summed E-state index contributed by atoms with van der Waals surface area (Å²) in [5, 5.41) is 2.12. The fourth-order valence-corrected chi connectivity index (χ4v) is 4.26. The molecule has 1 nitrogen and oxygen atoms in total. The lowest BCUT2D eigenvalue weighted by Gasteiger charge is -2.28. The highest BCUT2D eigenvalue weighted by atomic mass is 35.5. The third kappa shape index (κ3) is 3.41. The Morgan fingerprint density at radius 1 is 1.61 bits per heavy atom. The summed E-state index contributed by atoms with van der Waals surface area (Å²) in [5.41, 5.74) is 1.42. The zero-order chi connectivity index (χ0) is 13.1. The van der Waals surface area contributed by atoms with Crippen LogP contribution < -0.4 is 0 Å². The van der Waals surface area contributed by atoms with Gasteiger partial charge in [-0.15, -0.1) is 23.1 Å². The van der Waals surface area contributed by atoms with Crippen LogP contribution in [0.1, 0.15) is 30.2 Å². The van der Waals surface area contributed by atoms with Crippen molar-refractivity contribution in [3.8, 4) is 0 Å². The van der Waals surface area contributed by atoms with E-state index in [1.807, 2.05) is 6.92 Å². The fourth-order valence-electron chi connectivity index (χ4n) is 2.23. The molecule has 98 valence electrons. The zero-order valence-electron chi connectivity index (χ0n) is 10.9. The number of nitrogens with zero attached hydrogens (tertiary/aromatic N) is 1. The molecule has 2 heterocycles. The summed E-state index contributed by atoms with van der Waals surface area (Å²) in [6.07, 6.45) is 4.43. The van der Waals surface area contributed by atoms with Gasteiger partial charge in [0, 0.05) is 23.9 Å². The lowest BCUT2D eigenvalue weighted by molar-refractivity contribution is 0.302. The van der Waals surface area contributed by atoms with Gasteiger partial charge in [0.25, 0.3) is 0 Å². The van der Waals surface area contributed by atoms with Crippen LogP contribution in [-0.2, 0) is 6.54 Å². The van der Waals surface area contributed by atoms with E-state index >= 15 is 0 Å². The highest BCUT2D eigenvalue weighted by Gasteiger charge is 2.24. The smallest absolute Gasteiger partial charge is 0.0934 e. The normalized spacial score (nSPS) is 21.6. The molecule has 1 unspecified atom stereocenters. The van der Waals surface area contributed by atoms with Crippen LogP contribution in [0.4, 0.5) is 0 Å². The third-order valence-corrected chi connectivity index (χ3v) is 5.14. The molecule has 0 saturated heterocycles. The Labute approximate surface area is 123 Å². The van der Waals surface area contributed by atoms with Crippen LogP contribution in [0.15, 0.2) is 28.5 Å². The van der Waals surface area contributed by atoms with E-state index in [-0.39, 0.29) is 0 Å². The van der Waals surface area contributed by atoms with Crippen LogP contribution in [0.3, 0.4) is 0 Å². The van der Waals surface area contributed by atoms with Crippen molar-refractivity contribution in [3.05, 3.63) is 43.3 Å². The molecule has 1 aliphatic rings. The van der Waals surface area contributed by atoms with Crippen molar-refractivity contribution < 1.29 is 0 Å². The molecule has 0 bridgehead atoms. The van der Waals surface area contributed by atoms with Crippen molar-refractivity contribution in [2.24, 2.45) is 0 Å². The maximum Gasteiger partial charge on any atom is 0.0934 e. The van der Waals surface area contributed by atoms with Crippen molar-refractivity contribution in [2.45, 2.75) is 26.3 Å². The minimum Gasteiger partial charge on any atom is -0.300 e. The van der Waals surface area contributed by atoms with Crippen molar-refractivity contribution in [3.63, 3.8) is 0 Å². The summed E-state index contributed by atoms with van der Waals surface area (Å²) in [4.78, 5) is 5.13. The Morgan fingerprint density at radius 3 is 3.11 bits per heavy atom. The summed E-state index contributed by atoms with van der Waals surface area (Å²) < 4.78 is 0.910. The highest BCUT2D eigenvalue weighted by Crippen LogP contribution is 2.38. The fraction of sp³-hybridized carbons (Fsp3) is 0.429. The second-order valence-electron chi connectivity index (χ2n) is 4.60. The first-order valence-electron chi connectivity index (χ1n) is 6.03. The number of likely N-dealkylation sites (N-methyl/N-ethyl adjacent to an activating group) is 1. The van der Waals surface area contributed by atoms with Crippen molar-refractivity contribution >= 4 is 34.7 Å². The van der Waals surface area contributed by atoms with Gasteiger partial charge >= 0.3 is 0 Å². The molecule has 1 aliphatic heterocycles. The predicted molar refractivity (Wildman–Crippen MR) is 84.6 cm³/mol. The molecular formula is C14H18ClNS2. The highest BCUT2D eigenvalue weighted by molar-refractivity contribution is 8.05. The Kier molecular flexibility index (Phi) is 4.96. The van der Waals surface area contributed by atoms with Gasteiger partial charge < -0.3 is 4.90 Å². The van der Waals surface area contributed by atoms with Crippen LogP contribution in [0.5, 0.6) is 0 Å². The molecule has 0 fully saturated rings. The molecule has 1 atom stereocenters. The van der Waals surface area contributed by atoms with Gasteiger partial charge in [-0.1, -0.05) is 23.8 Å². The third-order valence-electron chi connectivity index (χ3n) is 2.96. The Bertz CT molecular complexity index is 476. The Balaban J connectivity index is 2.23. The predicted octanol–water partition coefficient (Wildman–Crippen LogP) is 5.10. The van der Waals surface area contributed by atoms with Crippen molar-refractivity contribution in [1.82, 2.24) is 4.90 Å². The van der Waals surface area contributed by atoms with Crippen molar-refractivity contribution in [1.29, 1.82) is 0 Å². The van der Waals surface area contributed by atoms with Gasteiger partial charge in [-0.05, 0) is 42.8 Å². The molecule has 4 heteroatoms. The molecule has 1 aromatic heterocycles. The average Bonchev–Trinajstić information content (AvgIpc) is 2.67. The first kappa shape index (κ1) is 14.2. The van der Waals surface area contributed by atoms with Gasteiger partial charge in [0.2, 0.25) is 0 Å². The van der Waals surface area contributed by atoms with E-state index in [4.69, 9.17) is 11.6 Å². The number of hydrogen-bond donors (Lipinski definition) is 0.